The van der Waals surface area contributed by atoms with E-state index in [2.05, 4.69) is 0 Å². The third-order valence-corrected chi connectivity index (χ3v) is 9.82. The first-order valence-corrected chi connectivity index (χ1v) is 15.0. The molecule has 4 unspecified atom stereocenters. The molecule has 1 heterocycles. The van der Waals surface area contributed by atoms with E-state index in [9.17, 15) is 50.6 Å². The van der Waals surface area contributed by atoms with E-state index in [1.165, 1.54) is 26.2 Å². The van der Waals surface area contributed by atoms with Crippen LogP contribution < -0.4 is 9.64 Å². The van der Waals surface area contributed by atoms with Crippen LogP contribution in [0.1, 0.15) is 42.4 Å². The number of halogens is 7. The molecule has 0 saturated carbocycles. The molecule has 46 heavy (non-hydrogen) atoms. The Morgan fingerprint density at radius 3 is 2.13 bits per heavy atom. The van der Waals surface area contributed by atoms with Crippen molar-refractivity contribution in [2.75, 3.05) is 12.0 Å². The number of nitrogens with zero attached hydrogens (tertiary/aromatic N) is 1. The van der Waals surface area contributed by atoms with Gasteiger partial charge in [-0.1, -0.05) is 11.6 Å². The lowest BCUT2D eigenvalue weighted by Crippen LogP contribution is -2.39. The fraction of sp³-hybridized carbons (Fsp3) is 0.312. The number of phenols is 1. The number of carbonyl (C=O) groups excluding carboxylic acids is 4. The van der Waals surface area contributed by atoms with Crippen molar-refractivity contribution in [1.29, 1.82) is 0 Å². The highest BCUT2D eigenvalue weighted by atomic mass is 127. The third-order valence-electron chi connectivity index (χ3n) is 9.00. The first kappa shape index (κ1) is 32.0. The average Bonchev–Trinajstić information content (AvgIpc) is 3.24. The lowest BCUT2D eigenvalue weighted by Gasteiger charge is -2.42. The van der Waals surface area contributed by atoms with E-state index < -0.39 is 76.2 Å². The average molecular weight is 757 g/mol. The second-order valence-electron chi connectivity index (χ2n) is 11.6. The Hall–Kier alpha value is -3.95. The maximum absolute atomic E-state index is 14.0. The van der Waals surface area contributed by atoms with Crippen molar-refractivity contribution in [3.05, 3.63) is 85.0 Å². The fourth-order valence-corrected chi connectivity index (χ4v) is 7.62. The lowest BCUT2D eigenvalue weighted by molar-refractivity contribution is -0.143. The quantitative estimate of drug-likeness (QED) is 0.123. The summed E-state index contributed by atoms with van der Waals surface area (Å²) in [4.78, 5) is 54.9. The highest BCUT2D eigenvalue weighted by Crippen LogP contribution is 2.56. The van der Waals surface area contributed by atoms with Crippen LogP contribution in [0.5, 0.6) is 11.5 Å². The number of ether oxygens (including phenoxy) is 1. The van der Waals surface area contributed by atoms with Crippen molar-refractivity contribution < 1.29 is 55.4 Å². The molecule has 7 nitrogen and oxygen atoms in total. The summed E-state index contributed by atoms with van der Waals surface area (Å²) in [6.07, 6.45) is -7.79. The van der Waals surface area contributed by atoms with E-state index in [1.54, 1.807) is 12.1 Å². The van der Waals surface area contributed by atoms with Gasteiger partial charge in [-0.3, -0.25) is 19.2 Å². The van der Waals surface area contributed by atoms with E-state index in [0.29, 0.717) is 31.7 Å². The minimum Gasteiger partial charge on any atom is -0.504 e. The van der Waals surface area contributed by atoms with Crippen LogP contribution in [0.2, 0.25) is 0 Å². The molecule has 6 rings (SSSR count). The SMILES string of the molecule is COc1cc(C2C3=CCC4C(=O)N(c5cc(C(F)(F)F)cc(C(F)(F)F)c5)C(=O)C4C3CC3=C2C(=O)C=C(C)C3=O)cc(I)c1O. The number of hydrogen-bond donors (Lipinski definition) is 1. The van der Waals surface area contributed by atoms with Gasteiger partial charge in [0.2, 0.25) is 11.8 Å². The van der Waals surface area contributed by atoms with Gasteiger partial charge >= 0.3 is 12.4 Å². The van der Waals surface area contributed by atoms with Crippen molar-refractivity contribution in [2.45, 2.75) is 38.0 Å². The van der Waals surface area contributed by atoms with E-state index in [1.807, 2.05) is 22.6 Å². The summed E-state index contributed by atoms with van der Waals surface area (Å²) in [5.41, 5.74) is -2.86. The summed E-state index contributed by atoms with van der Waals surface area (Å²) >= 11 is 1.86. The Morgan fingerprint density at radius 1 is 0.913 bits per heavy atom. The number of carbonyl (C=O) groups is 4. The van der Waals surface area contributed by atoms with Crippen LogP contribution >= 0.6 is 22.6 Å². The molecule has 0 bridgehead atoms. The molecule has 240 valence electrons. The molecule has 1 fully saturated rings. The monoisotopic (exact) mass is 757 g/mol. The number of phenolic OH excluding ortho intramolecular Hbond substituents is 1. The minimum absolute atomic E-state index is 0.0741. The first-order chi connectivity index (χ1) is 21.4. The summed E-state index contributed by atoms with van der Waals surface area (Å²) < 4.78 is 87.5. The lowest BCUT2D eigenvalue weighted by atomic mass is 9.59. The van der Waals surface area contributed by atoms with Crippen LogP contribution in [0.3, 0.4) is 0 Å². The van der Waals surface area contributed by atoms with Gasteiger partial charge in [0.1, 0.15) is 0 Å². The summed E-state index contributed by atoms with van der Waals surface area (Å²) in [6.45, 7) is 1.46. The molecule has 0 radical (unpaired) electrons. The molecule has 1 aliphatic heterocycles. The largest absolute Gasteiger partial charge is 0.504 e. The number of methoxy groups -OCH3 is 1. The fourth-order valence-electron chi connectivity index (χ4n) is 7.00. The minimum atomic E-state index is -5.20. The van der Waals surface area contributed by atoms with Gasteiger partial charge in [0.25, 0.3) is 0 Å². The van der Waals surface area contributed by atoms with E-state index in [0.717, 1.165) is 0 Å². The molecule has 14 heteroatoms. The Labute approximate surface area is 270 Å². The molecule has 2 amide bonds. The molecule has 2 aromatic carbocycles. The molecule has 0 aromatic heterocycles. The second-order valence-corrected chi connectivity index (χ2v) is 12.7. The molecule has 3 aliphatic carbocycles. The van der Waals surface area contributed by atoms with Gasteiger partial charge in [-0.05, 0) is 90.2 Å². The third kappa shape index (κ3) is 4.95. The zero-order valence-electron chi connectivity index (χ0n) is 23.8. The number of fused-ring (bicyclic) bond motifs is 3. The van der Waals surface area contributed by atoms with E-state index in [-0.39, 0.29) is 47.1 Å². The van der Waals surface area contributed by atoms with Gasteiger partial charge in [-0.2, -0.15) is 26.3 Å². The molecule has 4 aliphatic rings. The van der Waals surface area contributed by atoms with Crippen molar-refractivity contribution in [3.63, 3.8) is 0 Å². The number of rotatable bonds is 3. The molecule has 1 N–H and O–H groups in total. The van der Waals surface area contributed by atoms with Gasteiger partial charge in [-0.15, -0.1) is 0 Å². The smallest absolute Gasteiger partial charge is 0.416 e. The van der Waals surface area contributed by atoms with Gasteiger partial charge in [-0.25, -0.2) is 4.90 Å². The number of alkyl halides is 6. The predicted molar refractivity (Wildman–Crippen MR) is 158 cm³/mol. The van der Waals surface area contributed by atoms with Crippen molar-refractivity contribution >= 4 is 51.7 Å². The first-order valence-electron chi connectivity index (χ1n) is 13.9. The van der Waals surface area contributed by atoms with Crippen molar-refractivity contribution in [3.8, 4) is 11.5 Å². The van der Waals surface area contributed by atoms with Crippen LogP contribution in [-0.4, -0.2) is 35.6 Å². The van der Waals surface area contributed by atoms with Crippen molar-refractivity contribution in [2.24, 2.45) is 17.8 Å². The number of benzene rings is 2. The number of aromatic hydroxyl groups is 1. The number of hydrogen-bond acceptors (Lipinski definition) is 6. The Bertz CT molecular complexity index is 1820. The summed E-state index contributed by atoms with van der Waals surface area (Å²) in [5.74, 6) is -7.13. The van der Waals surface area contributed by atoms with Gasteiger partial charge < -0.3 is 9.84 Å². The number of allylic oxidation sites excluding steroid dienone is 6. The Balaban J connectivity index is 1.50. The van der Waals surface area contributed by atoms with E-state index in [4.69, 9.17) is 4.74 Å². The number of anilines is 1. The molecular weight excluding hydrogens is 735 g/mol. The molecule has 4 atom stereocenters. The number of ketones is 2. The molecule has 0 spiro atoms. The molecular formula is C32H22F6INO6. The zero-order valence-corrected chi connectivity index (χ0v) is 26.0. The number of amides is 2. The topological polar surface area (TPSA) is 101 Å². The molecule has 2 aromatic rings. The number of Topliss-reactive ketones (excluding diaryl/α,β-unsaturated/α-hetero) is 1. The second kappa shape index (κ2) is 10.8. The maximum Gasteiger partial charge on any atom is 0.416 e. The Kier molecular flexibility index (Phi) is 7.52. The predicted octanol–water partition coefficient (Wildman–Crippen LogP) is 6.68. The summed E-state index contributed by atoms with van der Waals surface area (Å²) in [5, 5.41) is 10.5. The highest BCUT2D eigenvalue weighted by Gasteiger charge is 2.57. The van der Waals surface area contributed by atoms with Gasteiger partial charge in [0.05, 0.1) is 39.3 Å². The van der Waals surface area contributed by atoms with Crippen LogP contribution in [-0.2, 0) is 31.5 Å². The van der Waals surface area contributed by atoms with E-state index >= 15 is 0 Å². The Morgan fingerprint density at radius 2 is 1.54 bits per heavy atom. The van der Waals surface area contributed by atoms with Gasteiger partial charge in [0.15, 0.2) is 23.1 Å². The standard InChI is InChI=1S/C32H22F6INO6/c1-12-5-22(41)26-20(27(12)42)11-19-17(24(26)13-6-21(39)28(43)23(7-13)46-2)3-4-18-25(19)30(45)40(29(18)44)16-9-14(31(33,34)35)8-15(10-16)32(36,37)38/h3,5-10,18-19,24-25,43H,4,11H2,1-2H3. The number of imide groups is 1. The zero-order chi connectivity index (χ0) is 33.6. The van der Waals surface area contributed by atoms with Crippen molar-refractivity contribution in [1.82, 2.24) is 0 Å². The normalized spacial score (nSPS) is 24.8. The maximum atomic E-state index is 14.0. The summed E-state index contributed by atoms with van der Waals surface area (Å²) in [7, 11) is 1.32. The van der Waals surface area contributed by atoms with Gasteiger partial charge in [0, 0.05) is 22.6 Å². The van der Waals surface area contributed by atoms with Crippen LogP contribution in [0.15, 0.2) is 64.8 Å². The molecule has 1 saturated heterocycles. The van der Waals surface area contributed by atoms with Crippen LogP contribution in [0.4, 0.5) is 32.0 Å². The summed E-state index contributed by atoms with van der Waals surface area (Å²) in [6, 6.07) is 3.66. The van der Waals surface area contributed by atoms with Crippen LogP contribution in [0, 0.1) is 21.3 Å². The van der Waals surface area contributed by atoms with Crippen LogP contribution in [0.25, 0.3) is 0 Å². The highest BCUT2D eigenvalue weighted by molar-refractivity contribution is 14.1.